The van der Waals surface area contributed by atoms with Gasteiger partial charge in [-0.25, -0.2) is 4.39 Å². The summed E-state index contributed by atoms with van der Waals surface area (Å²) in [5.74, 6) is -0.181. The van der Waals surface area contributed by atoms with Crippen LogP contribution in [0.3, 0.4) is 0 Å². The molecule has 0 fully saturated rings. The lowest BCUT2D eigenvalue weighted by atomic mass is 10.1. The summed E-state index contributed by atoms with van der Waals surface area (Å²) in [4.78, 5) is 0. The number of hydrogen-bond donors (Lipinski definition) is 0. The number of alkyl halides is 1. The maximum absolute atomic E-state index is 12.8. The molecule has 12 heavy (non-hydrogen) atoms. The molecular formula is C10H16ClF. The third-order valence-corrected chi connectivity index (χ3v) is 1.89. The highest BCUT2D eigenvalue weighted by Gasteiger charge is 1.98. The Labute approximate surface area is 79.1 Å². The smallest absolute Gasteiger partial charge is 0.114 e. The predicted molar refractivity (Wildman–Crippen MR) is 53.2 cm³/mol. The summed E-state index contributed by atoms with van der Waals surface area (Å²) in [5.41, 5.74) is 2.04. The molecule has 0 radical (unpaired) electrons. The standard InChI is InChI=1S/C10H16ClF/c1-8(2)5-4-6-9(3)10(12)7-11/h5H,4,6-7H2,1-3H3/b10-9-. The van der Waals surface area contributed by atoms with Gasteiger partial charge in [0.25, 0.3) is 0 Å². The molecule has 2 heteroatoms. The SMILES string of the molecule is CC(C)=CCC/C(C)=C(\F)CCl. The third-order valence-electron chi connectivity index (χ3n) is 1.65. The van der Waals surface area contributed by atoms with E-state index >= 15 is 0 Å². The molecule has 0 atom stereocenters. The van der Waals surface area contributed by atoms with Crippen LogP contribution >= 0.6 is 11.6 Å². The van der Waals surface area contributed by atoms with Gasteiger partial charge in [0, 0.05) is 0 Å². The fourth-order valence-corrected chi connectivity index (χ4v) is 1.06. The van der Waals surface area contributed by atoms with E-state index in [-0.39, 0.29) is 11.7 Å². The van der Waals surface area contributed by atoms with Gasteiger partial charge in [0.15, 0.2) is 0 Å². The monoisotopic (exact) mass is 190 g/mol. The van der Waals surface area contributed by atoms with Crippen molar-refractivity contribution in [3.05, 3.63) is 23.0 Å². The van der Waals surface area contributed by atoms with Gasteiger partial charge in [0.1, 0.15) is 5.83 Å². The molecule has 0 aromatic rings. The lowest BCUT2D eigenvalue weighted by Crippen LogP contribution is -1.84. The van der Waals surface area contributed by atoms with Crippen molar-refractivity contribution in [2.45, 2.75) is 33.6 Å². The highest BCUT2D eigenvalue weighted by molar-refractivity contribution is 6.19. The van der Waals surface area contributed by atoms with E-state index in [0.717, 1.165) is 18.4 Å². The molecule has 0 saturated carbocycles. The predicted octanol–water partition coefficient (Wildman–Crippen LogP) is 4.22. The van der Waals surface area contributed by atoms with Crippen LogP contribution in [0.15, 0.2) is 23.0 Å². The zero-order valence-electron chi connectivity index (χ0n) is 7.95. The average molecular weight is 191 g/mol. The van der Waals surface area contributed by atoms with Gasteiger partial charge in [-0.3, -0.25) is 0 Å². The van der Waals surface area contributed by atoms with Gasteiger partial charge in [0.05, 0.1) is 5.88 Å². The van der Waals surface area contributed by atoms with Crippen molar-refractivity contribution < 1.29 is 4.39 Å². The average Bonchev–Trinajstić information content (AvgIpc) is 2.02. The summed E-state index contributed by atoms with van der Waals surface area (Å²) >= 11 is 5.34. The van der Waals surface area contributed by atoms with E-state index in [4.69, 9.17) is 11.6 Å². The first-order valence-electron chi connectivity index (χ1n) is 4.11. The number of hydrogen-bond acceptors (Lipinski definition) is 0. The molecule has 0 aromatic heterocycles. The second-order valence-corrected chi connectivity index (χ2v) is 3.41. The van der Waals surface area contributed by atoms with Crippen LogP contribution in [0.25, 0.3) is 0 Å². The Kier molecular flexibility index (Phi) is 6.09. The molecule has 0 aliphatic heterocycles. The number of rotatable bonds is 4. The lowest BCUT2D eigenvalue weighted by Gasteiger charge is -1.99. The molecule has 0 amide bonds. The Morgan fingerprint density at radius 3 is 2.33 bits per heavy atom. The van der Waals surface area contributed by atoms with Crippen LogP contribution in [0, 0.1) is 0 Å². The van der Waals surface area contributed by atoms with E-state index in [1.165, 1.54) is 5.57 Å². The van der Waals surface area contributed by atoms with Crippen LogP contribution < -0.4 is 0 Å². The molecule has 0 aromatic carbocycles. The summed E-state index contributed by atoms with van der Waals surface area (Å²) in [5, 5.41) is 0. The zero-order chi connectivity index (χ0) is 9.56. The Bertz CT molecular complexity index is 188. The fourth-order valence-electron chi connectivity index (χ4n) is 0.827. The van der Waals surface area contributed by atoms with E-state index in [9.17, 15) is 4.39 Å². The van der Waals surface area contributed by atoms with Crippen LogP contribution in [-0.2, 0) is 0 Å². The van der Waals surface area contributed by atoms with Gasteiger partial charge in [-0.1, -0.05) is 11.6 Å². The summed E-state index contributed by atoms with van der Waals surface area (Å²) in [7, 11) is 0. The van der Waals surface area contributed by atoms with Gasteiger partial charge in [-0.05, 0) is 39.2 Å². The summed E-state index contributed by atoms with van der Waals surface area (Å²) in [6.45, 7) is 5.87. The third kappa shape index (κ3) is 5.36. The molecule has 0 saturated heterocycles. The van der Waals surface area contributed by atoms with Crippen molar-refractivity contribution in [1.29, 1.82) is 0 Å². The van der Waals surface area contributed by atoms with E-state index in [0.29, 0.717) is 0 Å². The van der Waals surface area contributed by atoms with Crippen LogP contribution in [-0.4, -0.2) is 5.88 Å². The minimum absolute atomic E-state index is 0.000650. The summed E-state index contributed by atoms with van der Waals surface area (Å²) < 4.78 is 12.8. The molecule has 0 aliphatic carbocycles. The van der Waals surface area contributed by atoms with Crippen molar-refractivity contribution in [3.63, 3.8) is 0 Å². The van der Waals surface area contributed by atoms with Crippen molar-refractivity contribution in [1.82, 2.24) is 0 Å². The van der Waals surface area contributed by atoms with Crippen LogP contribution in [0.4, 0.5) is 4.39 Å². The van der Waals surface area contributed by atoms with Crippen molar-refractivity contribution in [2.24, 2.45) is 0 Å². The molecule has 0 nitrogen and oxygen atoms in total. The summed E-state index contributed by atoms with van der Waals surface area (Å²) in [6.07, 6.45) is 3.77. The van der Waals surface area contributed by atoms with Crippen molar-refractivity contribution in [3.8, 4) is 0 Å². The minimum atomic E-state index is -0.182. The van der Waals surface area contributed by atoms with Crippen LogP contribution in [0.2, 0.25) is 0 Å². The molecule has 0 bridgehead atoms. The van der Waals surface area contributed by atoms with E-state index in [1.54, 1.807) is 6.92 Å². The molecule has 0 rings (SSSR count). The zero-order valence-corrected chi connectivity index (χ0v) is 8.71. The van der Waals surface area contributed by atoms with Gasteiger partial charge >= 0.3 is 0 Å². The normalized spacial score (nSPS) is 12.4. The van der Waals surface area contributed by atoms with Gasteiger partial charge < -0.3 is 0 Å². The lowest BCUT2D eigenvalue weighted by molar-refractivity contribution is 0.621. The second kappa shape index (κ2) is 6.24. The first kappa shape index (κ1) is 11.7. The Morgan fingerprint density at radius 1 is 1.33 bits per heavy atom. The Hall–Kier alpha value is -0.300. The van der Waals surface area contributed by atoms with Crippen molar-refractivity contribution >= 4 is 11.6 Å². The topological polar surface area (TPSA) is 0 Å². The molecule has 0 N–H and O–H groups in total. The van der Waals surface area contributed by atoms with E-state index < -0.39 is 0 Å². The van der Waals surface area contributed by atoms with Gasteiger partial charge in [-0.15, -0.1) is 11.6 Å². The van der Waals surface area contributed by atoms with Gasteiger partial charge in [0.2, 0.25) is 0 Å². The summed E-state index contributed by atoms with van der Waals surface area (Å²) in [6, 6.07) is 0. The maximum Gasteiger partial charge on any atom is 0.114 e. The quantitative estimate of drug-likeness (QED) is 0.460. The molecule has 0 heterocycles. The largest absolute Gasteiger partial charge is 0.211 e. The maximum atomic E-state index is 12.8. The Morgan fingerprint density at radius 2 is 1.92 bits per heavy atom. The highest BCUT2D eigenvalue weighted by atomic mass is 35.5. The second-order valence-electron chi connectivity index (χ2n) is 3.14. The number of allylic oxidation sites excluding steroid dienone is 4. The van der Waals surface area contributed by atoms with E-state index in [2.05, 4.69) is 6.08 Å². The molecule has 70 valence electrons. The van der Waals surface area contributed by atoms with Crippen molar-refractivity contribution in [2.75, 3.05) is 5.88 Å². The van der Waals surface area contributed by atoms with Gasteiger partial charge in [-0.2, -0.15) is 0 Å². The molecule has 0 unspecified atom stereocenters. The fraction of sp³-hybridized carbons (Fsp3) is 0.600. The highest BCUT2D eigenvalue weighted by Crippen LogP contribution is 2.13. The first-order chi connectivity index (χ1) is 5.57. The Balaban J connectivity index is 3.86. The minimum Gasteiger partial charge on any atom is -0.211 e. The molecule has 0 aliphatic rings. The molecule has 0 spiro atoms. The van der Waals surface area contributed by atoms with E-state index in [1.807, 2.05) is 13.8 Å². The van der Waals surface area contributed by atoms with Crippen LogP contribution in [0.1, 0.15) is 33.6 Å². The number of halogens is 2. The first-order valence-corrected chi connectivity index (χ1v) is 4.64. The van der Waals surface area contributed by atoms with Crippen LogP contribution in [0.5, 0.6) is 0 Å². The molecular weight excluding hydrogens is 175 g/mol.